The van der Waals surface area contributed by atoms with Crippen LogP contribution >= 0.6 is 0 Å². The number of carbonyl (C=O) groups excluding carboxylic acids is 1. The Kier molecular flexibility index (Phi) is 3.20. The van der Waals surface area contributed by atoms with Gasteiger partial charge in [0.25, 0.3) is 5.91 Å². The Hall–Kier alpha value is -1.01. The van der Waals surface area contributed by atoms with Crippen molar-refractivity contribution in [2.24, 2.45) is 11.3 Å². The summed E-state index contributed by atoms with van der Waals surface area (Å²) in [5.41, 5.74) is 0.103. The predicted molar refractivity (Wildman–Crippen MR) is 61.6 cm³/mol. The van der Waals surface area contributed by atoms with E-state index in [9.17, 15) is 4.79 Å². The van der Waals surface area contributed by atoms with Crippen molar-refractivity contribution in [1.29, 1.82) is 0 Å². The normalized spacial score (nSPS) is 33.0. The van der Waals surface area contributed by atoms with Crippen LogP contribution in [-0.2, 0) is 9.53 Å². The molecule has 0 radical (unpaired) electrons. The number of ether oxygens (including phenoxy) is 1. The van der Waals surface area contributed by atoms with Crippen LogP contribution in [0.5, 0.6) is 0 Å². The third-order valence-electron chi connectivity index (χ3n) is 3.60. The highest BCUT2D eigenvalue weighted by Gasteiger charge is 2.48. The van der Waals surface area contributed by atoms with Gasteiger partial charge in [-0.15, -0.1) is 0 Å². The van der Waals surface area contributed by atoms with Gasteiger partial charge in [-0.05, 0) is 38.0 Å². The molecule has 2 aliphatic rings. The molecule has 1 N–H and O–H groups in total. The lowest BCUT2D eigenvalue weighted by Crippen LogP contribution is -2.41. The summed E-state index contributed by atoms with van der Waals surface area (Å²) in [6.45, 7) is 5.39. The molecule has 0 bridgehead atoms. The lowest BCUT2D eigenvalue weighted by molar-refractivity contribution is -0.116. The summed E-state index contributed by atoms with van der Waals surface area (Å²) in [7, 11) is 0. The van der Waals surface area contributed by atoms with Crippen LogP contribution in [0.2, 0.25) is 0 Å². The monoisotopic (exact) mass is 221 g/mol. The molecule has 2 fully saturated rings. The smallest absolute Gasteiger partial charge is 0.295 e. The second kappa shape index (κ2) is 4.47. The maximum absolute atomic E-state index is 11.3. The van der Waals surface area contributed by atoms with Gasteiger partial charge in [0, 0.05) is 18.6 Å². The Balaban J connectivity index is 1.90. The Morgan fingerprint density at radius 2 is 2.31 bits per heavy atom. The number of carbonyl (C=O) groups is 1. The molecule has 16 heavy (non-hydrogen) atoms. The van der Waals surface area contributed by atoms with Crippen LogP contribution in [0.4, 0.5) is 0 Å². The van der Waals surface area contributed by atoms with Crippen molar-refractivity contribution in [3.8, 4) is 11.8 Å². The first-order chi connectivity index (χ1) is 7.65. The molecule has 1 heterocycles. The molecule has 2 rings (SSSR count). The maximum atomic E-state index is 11.3. The molecule has 0 aromatic heterocycles. The summed E-state index contributed by atoms with van der Waals surface area (Å²) in [5.74, 6) is 5.66. The second-order valence-electron chi connectivity index (χ2n) is 5.09. The van der Waals surface area contributed by atoms with Gasteiger partial charge < -0.3 is 10.1 Å². The molecular formula is C13H19NO2. The van der Waals surface area contributed by atoms with E-state index in [0.29, 0.717) is 12.6 Å². The predicted octanol–water partition coefficient (Wildman–Crippen LogP) is 1.33. The molecule has 0 aromatic carbocycles. The number of nitrogens with one attached hydrogen (secondary N) is 1. The average molecular weight is 221 g/mol. The van der Waals surface area contributed by atoms with Crippen molar-refractivity contribution in [2.75, 3.05) is 13.2 Å². The van der Waals surface area contributed by atoms with Crippen molar-refractivity contribution < 1.29 is 9.53 Å². The van der Waals surface area contributed by atoms with Crippen LogP contribution in [0.1, 0.15) is 33.1 Å². The van der Waals surface area contributed by atoms with E-state index in [0.717, 1.165) is 18.9 Å². The maximum Gasteiger partial charge on any atom is 0.295 e. The van der Waals surface area contributed by atoms with E-state index < -0.39 is 0 Å². The van der Waals surface area contributed by atoms with Crippen molar-refractivity contribution in [1.82, 2.24) is 5.32 Å². The third kappa shape index (κ3) is 2.38. The zero-order chi connectivity index (χ0) is 11.6. The van der Waals surface area contributed by atoms with Gasteiger partial charge in [0.2, 0.25) is 0 Å². The van der Waals surface area contributed by atoms with Gasteiger partial charge in [0.05, 0.1) is 6.10 Å². The van der Waals surface area contributed by atoms with E-state index in [4.69, 9.17) is 4.74 Å². The SMILES string of the molecule is CC#CC(=O)NCC1(C)CCOC1C1CC1. The molecule has 2 unspecified atom stereocenters. The molecule has 1 aliphatic carbocycles. The van der Waals surface area contributed by atoms with Gasteiger partial charge in [0.15, 0.2) is 0 Å². The van der Waals surface area contributed by atoms with Gasteiger partial charge in [-0.25, -0.2) is 0 Å². The van der Waals surface area contributed by atoms with E-state index in [2.05, 4.69) is 24.1 Å². The molecule has 3 heteroatoms. The highest BCUT2D eigenvalue weighted by molar-refractivity contribution is 5.93. The molecule has 2 atom stereocenters. The first-order valence-electron chi connectivity index (χ1n) is 5.98. The number of amides is 1. The molecule has 88 valence electrons. The lowest BCUT2D eigenvalue weighted by Gasteiger charge is -2.29. The fraction of sp³-hybridized carbons (Fsp3) is 0.769. The lowest BCUT2D eigenvalue weighted by atomic mass is 9.81. The number of hydrogen-bond donors (Lipinski definition) is 1. The highest BCUT2D eigenvalue weighted by Crippen LogP contribution is 2.47. The van der Waals surface area contributed by atoms with Crippen LogP contribution in [-0.4, -0.2) is 25.2 Å². The van der Waals surface area contributed by atoms with Crippen molar-refractivity contribution in [2.45, 2.75) is 39.2 Å². The average Bonchev–Trinajstić information content (AvgIpc) is 3.01. The van der Waals surface area contributed by atoms with E-state index >= 15 is 0 Å². The first-order valence-corrected chi connectivity index (χ1v) is 5.98. The van der Waals surface area contributed by atoms with Gasteiger partial charge in [-0.1, -0.05) is 12.8 Å². The summed E-state index contributed by atoms with van der Waals surface area (Å²) in [5, 5.41) is 2.89. The standard InChI is InChI=1S/C13H19NO2/c1-3-4-11(15)14-9-13(2)7-8-16-12(13)10-5-6-10/h10,12H,5-9H2,1-2H3,(H,14,15). The summed E-state index contributed by atoms with van der Waals surface area (Å²) >= 11 is 0. The van der Waals surface area contributed by atoms with Gasteiger partial charge in [-0.3, -0.25) is 4.79 Å². The molecule has 1 saturated carbocycles. The number of hydrogen-bond acceptors (Lipinski definition) is 2. The molecule has 1 amide bonds. The summed E-state index contributed by atoms with van der Waals surface area (Å²) in [4.78, 5) is 11.3. The van der Waals surface area contributed by atoms with E-state index in [1.165, 1.54) is 12.8 Å². The minimum atomic E-state index is -0.176. The van der Waals surface area contributed by atoms with Crippen molar-refractivity contribution in [3.63, 3.8) is 0 Å². The van der Waals surface area contributed by atoms with E-state index in [1.807, 2.05) is 0 Å². The Labute approximate surface area is 96.9 Å². The fourth-order valence-electron chi connectivity index (χ4n) is 2.50. The highest BCUT2D eigenvalue weighted by atomic mass is 16.5. The van der Waals surface area contributed by atoms with Gasteiger partial charge in [0.1, 0.15) is 0 Å². The van der Waals surface area contributed by atoms with Crippen LogP contribution in [0, 0.1) is 23.2 Å². The van der Waals surface area contributed by atoms with E-state index in [-0.39, 0.29) is 11.3 Å². The third-order valence-corrected chi connectivity index (χ3v) is 3.60. The van der Waals surface area contributed by atoms with Crippen molar-refractivity contribution >= 4 is 5.91 Å². The van der Waals surface area contributed by atoms with Gasteiger partial charge in [-0.2, -0.15) is 0 Å². The van der Waals surface area contributed by atoms with Crippen LogP contribution in [0.25, 0.3) is 0 Å². The minimum Gasteiger partial charge on any atom is -0.377 e. The molecule has 0 spiro atoms. The Bertz CT molecular complexity index is 338. The Morgan fingerprint density at radius 3 is 2.94 bits per heavy atom. The summed E-state index contributed by atoms with van der Waals surface area (Å²) < 4.78 is 5.80. The van der Waals surface area contributed by atoms with E-state index in [1.54, 1.807) is 6.92 Å². The largest absolute Gasteiger partial charge is 0.377 e. The van der Waals surface area contributed by atoms with Gasteiger partial charge >= 0.3 is 0 Å². The molecular weight excluding hydrogens is 202 g/mol. The zero-order valence-corrected chi connectivity index (χ0v) is 10.0. The fourth-order valence-corrected chi connectivity index (χ4v) is 2.50. The summed E-state index contributed by atoms with van der Waals surface area (Å²) in [6.07, 6.45) is 3.93. The molecule has 3 nitrogen and oxygen atoms in total. The van der Waals surface area contributed by atoms with Crippen LogP contribution in [0.3, 0.4) is 0 Å². The number of rotatable bonds is 3. The first kappa shape index (κ1) is 11.5. The Morgan fingerprint density at radius 1 is 1.56 bits per heavy atom. The quantitative estimate of drug-likeness (QED) is 0.730. The second-order valence-corrected chi connectivity index (χ2v) is 5.09. The molecule has 0 aromatic rings. The minimum absolute atomic E-state index is 0.103. The zero-order valence-electron chi connectivity index (χ0n) is 10.0. The summed E-state index contributed by atoms with van der Waals surface area (Å²) in [6, 6.07) is 0. The molecule has 1 aliphatic heterocycles. The van der Waals surface area contributed by atoms with Crippen molar-refractivity contribution in [3.05, 3.63) is 0 Å². The molecule has 1 saturated heterocycles. The van der Waals surface area contributed by atoms with Crippen LogP contribution < -0.4 is 5.32 Å². The van der Waals surface area contributed by atoms with Crippen LogP contribution in [0.15, 0.2) is 0 Å². The topological polar surface area (TPSA) is 38.3 Å².